The van der Waals surface area contributed by atoms with Crippen LogP contribution < -0.4 is 5.43 Å². The highest BCUT2D eigenvalue weighted by molar-refractivity contribution is 7.89. The SMILES string of the molecule is CCN(CC)S(=O)(=O)c1ccc(NN=C2C3CC4CC(C3)CC2C4)c([N+](=O)[O-])c1. The molecule has 5 rings (SSSR count). The lowest BCUT2D eigenvalue weighted by molar-refractivity contribution is -0.384. The Morgan fingerprint density at radius 2 is 1.69 bits per heavy atom. The summed E-state index contributed by atoms with van der Waals surface area (Å²) in [4.78, 5) is 11.0. The maximum absolute atomic E-state index is 12.7. The number of nitro benzene ring substituents is 1. The van der Waals surface area contributed by atoms with Gasteiger partial charge >= 0.3 is 0 Å². The maximum Gasteiger partial charge on any atom is 0.295 e. The van der Waals surface area contributed by atoms with Gasteiger partial charge in [-0.15, -0.1) is 0 Å². The first-order valence-corrected chi connectivity index (χ1v) is 11.9. The molecule has 29 heavy (non-hydrogen) atoms. The second-order valence-electron chi connectivity index (χ2n) is 8.48. The van der Waals surface area contributed by atoms with Crippen molar-refractivity contribution in [1.29, 1.82) is 0 Å². The van der Waals surface area contributed by atoms with Crippen LogP contribution >= 0.6 is 0 Å². The monoisotopic (exact) mass is 420 g/mol. The van der Waals surface area contributed by atoms with Crippen molar-refractivity contribution in [2.24, 2.45) is 28.8 Å². The van der Waals surface area contributed by atoms with E-state index in [1.54, 1.807) is 13.8 Å². The van der Waals surface area contributed by atoms with Gasteiger partial charge in [-0.05, 0) is 67.9 Å². The molecule has 4 bridgehead atoms. The van der Waals surface area contributed by atoms with E-state index in [4.69, 9.17) is 0 Å². The third-order valence-electron chi connectivity index (χ3n) is 6.79. The topological polar surface area (TPSA) is 105 Å². The highest BCUT2D eigenvalue weighted by atomic mass is 32.2. The normalized spacial score (nSPS) is 28.0. The minimum atomic E-state index is -3.76. The van der Waals surface area contributed by atoms with Gasteiger partial charge in [-0.1, -0.05) is 13.8 Å². The molecule has 0 amide bonds. The van der Waals surface area contributed by atoms with Gasteiger partial charge in [0.2, 0.25) is 10.0 Å². The molecule has 158 valence electrons. The highest BCUT2D eigenvalue weighted by Gasteiger charge is 2.46. The van der Waals surface area contributed by atoms with Crippen molar-refractivity contribution in [3.8, 4) is 0 Å². The van der Waals surface area contributed by atoms with Gasteiger partial charge < -0.3 is 0 Å². The molecule has 0 aromatic heterocycles. The average molecular weight is 421 g/mol. The van der Waals surface area contributed by atoms with Crippen LogP contribution in [0.4, 0.5) is 11.4 Å². The van der Waals surface area contributed by atoms with Gasteiger partial charge in [-0.2, -0.15) is 9.41 Å². The number of nitro groups is 1. The first-order chi connectivity index (χ1) is 13.8. The summed E-state index contributed by atoms with van der Waals surface area (Å²) in [6.07, 6.45) is 6.06. The molecule has 0 radical (unpaired) electrons. The summed E-state index contributed by atoms with van der Waals surface area (Å²) < 4.78 is 26.7. The summed E-state index contributed by atoms with van der Waals surface area (Å²) in [6, 6.07) is 4.00. The number of nitrogens with one attached hydrogen (secondary N) is 1. The number of hydrazone groups is 1. The van der Waals surface area contributed by atoms with Gasteiger partial charge in [0, 0.05) is 24.9 Å². The lowest BCUT2D eigenvalue weighted by Gasteiger charge is -2.50. The lowest BCUT2D eigenvalue weighted by Crippen LogP contribution is -2.45. The molecule has 8 nitrogen and oxygen atoms in total. The Kier molecular flexibility index (Phi) is 5.37. The number of hydrogen-bond acceptors (Lipinski definition) is 6. The first kappa shape index (κ1) is 20.3. The van der Waals surface area contributed by atoms with Gasteiger partial charge in [-0.3, -0.25) is 15.5 Å². The van der Waals surface area contributed by atoms with Crippen molar-refractivity contribution in [2.45, 2.75) is 50.8 Å². The molecule has 1 N–H and O–H groups in total. The third-order valence-corrected chi connectivity index (χ3v) is 8.84. The number of benzene rings is 1. The van der Waals surface area contributed by atoms with Crippen LogP contribution in [0.2, 0.25) is 0 Å². The van der Waals surface area contributed by atoms with Crippen LogP contribution in [-0.4, -0.2) is 36.4 Å². The Hall–Kier alpha value is -2.00. The van der Waals surface area contributed by atoms with E-state index in [0.717, 1.165) is 23.6 Å². The second-order valence-corrected chi connectivity index (χ2v) is 10.4. The summed E-state index contributed by atoms with van der Waals surface area (Å²) >= 11 is 0. The minimum absolute atomic E-state index is 0.0688. The van der Waals surface area contributed by atoms with Crippen LogP contribution in [-0.2, 0) is 10.0 Å². The fourth-order valence-electron chi connectivity index (χ4n) is 5.60. The predicted octanol–water partition coefficient (Wildman–Crippen LogP) is 3.85. The molecule has 0 aliphatic heterocycles. The summed E-state index contributed by atoms with van der Waals surface area (Å²) in [6.45, 7) is 4.11. The van der Waals surface area contributed by atoms with E-state index in [1.165, 1.54) is 48.5 Å². The van der Waals surface area contributed by atoms with E-state index in [2.05, 4.69) is 10.5 Å². The molecule has 0 heterocycles. The number of sulfonamides is 1. The zero-order valence-corrected chi connectivity index (χ0v) is 17.7. The maximum atomic E-state index is 12.7. The fourth-order valence-corrected chi connectivity index (χ4v) is 7.08. The standard InChI is InChI=1S/C20H28N4O4S/c1-3-23(4-2)29(27,28)17-5-6-18(19(12-17)24(25)26)21-22-20-15-8-13-7-14(10-15)11-16(20)9-13/h5-6,12-16,21H,3-4,7-11H2,1-2H3. The van der Waals surface area contributed by atoms with Gasteiger partial charge in [0.25, 0.3) is 5.69 Å². The van der Waals surface area contributed by atoms with E-state index in [9.17, 15) is 18.5 Å². The Labute approximate surface area is 171 Å². The van der Waals surface area contributed by atoms with Crippen LogP contribution in [0.1, 0.15) is 46.0 Å². The van der Waals surface area contributed by atoms with Gasteiger partial charge in [0.15, 0.2) is 0 Å². The first-order valence-electron chi connectivity index (χ1n) is 10.5. The van der Waals surface area contributed by atoms with Gasteiger partial charge in [0.05, 0.1) is 9.82 Å². The Bertz CT molecular complexity index is 910. The fraction of sp³-hybridized carbons (Fsp3) is 0.650. The molecule has 4 fully saturated rings. The van der Waals surface area contributed by atoms with E-state index >= 15 is 0 Å². The molecule has 1 aromatic rings. The van der Waals surface area contributed by atoms with Crippen LogP contribution in [0.25, 0.3) is 0 Å². The van der Waals surface area contributed by atoms with Crippen LogP contribution in [0.5, 0.6) is 0 Å². The quantitative estimate of drug-likeness (QED) is 0.533. The van der Waals surface area contributed by atoms with Crippen LogP contribution in [0.15, 0.2) is 28.2 Å². The Balaban J connectivity index is 1.61. The second kappa shape index (κ2) is 7.68. The highest BCUT2D eigenvalue weighted by Crippen LogP contribution is 2.52. The number of hydrogen-bond donors (Lipinski definition) is 1. The third kappa shape index (κ3) is 3.66. The number of anilines is 1. The average Bonchev–Trinajstić information content (AvgIpc) is 2.67. The van der Waals surface area contributed by atoms with Crippen molar-refractivity contribution in [1.82, 2.24) is 4.31 Å². The predicted molar refractivity (Wildman–Crippen MR) is 111 cm³/mol. The van der Waals surface area contributed by atoms with Crippen LogP contribution in [0, 0.1) is 33.8 Å². The molecule has 4 saturated carbocycles. The molecule has 4 aliphatic carbocycles. The van der Waals surface area contributed by atoms with E-state index in [-0.39, 0.29) is 16.3 Å². The Morgan fingerprint density at radius 3 is 2.21 bits per heavy atom. The molecule has 9 heteroatoms. The number of rotatable bonds is 7. The molecule has 1 aromatic carbocycles. The largest absolute Gasteiger partial charge is 0.295 e. The molecule has 0 unspecified atom stereocenters. The van der Waals surface area contributed by atoms with Crippen molar-refractivity contribution >= 4 is 27.1 Å². The molecule has 0 atom stereocenters. The van der Waals surface area contributed by atoms with E-state index in [1.807, 2.05) is 0 Å². The zero-order chi connectivity index (χ0) is 20.8. The minimum Gasteiger partial charge on any atom is -0.272 e. The summed E-state index contributed by atoms with van der Waals surface area (Å²) in [5, 5.41) is 16.2. The number of nitrogens with zero attached hydrogens (tertiary/aromatic N) is 3. The van der Waals surface area contributed by atoms with Crippen molar-refractivity contribution in [3.63, 3.8) is 0 Å². The zero-order valence-electron chi connectivity index (χ0n) is 16.9. The molecule has 0 spiro atoms. The van der Waals surface area contributed by atoms with Gasteiger partial charge in [-0.25, -0.2) is 8.42 Å². The van der Waals surface area contributed by atoms with Gasteiger partial charge in [0.1, 0.15) is 5.69 Å². The van der Waals surface area contributed by atoms with E-state index < -0.39 is 14.9 Å². The molecule has 4 aliphatic rings. The summed E-state index contributed by atoms with van der Waals surface area (Å²) in [7, 11) is -3.76. The van der Waals surface area contributed by atoms with Crippen molar-refractivity contribution in [3.05, 3.63) is 28.3 Å². The summed E-state index contributed by atoms with van der Waals surface area (Å²) in [5.74, 6) is 2.60. The van der Waals surface area contributed by atoms with Crippen molar-refractivity contribution in [2.75, 3.05) is 18.5 Å². The summed E-state index contributed by atoms with van der Waals surface area (Å²) in [5.41, 5.74) is 4.00. The lowest BCUT2D eigenvalue weighted by atomic mass is 9.55. The Morgan fingerprint density at radius 1 is 1.10 bits per heavy atom. The molecular formula is C20H28N4O4S. The van der Waals surface area contributed by atoms with E-state index in [0.29, 0.717) is 24.9 Å². The molecular weight excluding hydrogens is 392 g/mol. The smallest absolute Gasteiger partial charge is 0.272 e. The molecule has 0 saturated heterocycles. The van der Waals surface area contributed by atoms with Crippen LogP contribution in [0.3, 0.4) is 0 Å². The van der Waals surface area contributed by atoms with Crippen molar-refractivity contribution < 1.29 is 13.3 Å².